The Hall–Kier alpha value is -2.66. The van der Waals surface area contributed by atoms with Crippen LogP contribution in [0.2, 0.25) is 0 Å². The van der Waals surface area contributed by atoms with Crippen LogP contribution >= 0.6 is 0 Å². The summed E-state index contributed by atoms with van der Waals surface area (Å²) in [6.07, 6.45) is 3.05. The van der Waals surface area contributed by atoms with E-state index in [2.05, 4.69) is 34.5 Å². The third-order valence-electron chi connectivity index (χ3n) is 5.53. The van der Waals surface area contributed by atoms with Gasteiger partial charge < -0.3 is 10.2 Å². The molecule has 5 nitrogen and oxygen atoms in total. The molecule has 0 saturated carbocycles. The second kappa shape index (κ2) is 7.53. The average Bonchev–Trinajstić information content (AvgIpc) is 3.28. The number of rotatable bonds is 4. The number of nitrogens with one attached hydrogen (secondary N) is 1. The molecular weight excluding hydrogens is 338 g/mol. The van der Waals surface area contributed by atoms with Crippen LogP contribution in [0, 0.1) is 0 Å². The van der Waals surface area contributed by atoms with Crippen LogP contribution in [0.15, 0.2) is 48.5 Å². The number of nitrogens with zero attached hydrogens (tertiary/aromatic N) is 2. The highest BCUT2D eigenvalue weighted by Gasteiger charge is 2.27. The van der Waals surface area contributed by atoms with Crippen LogP contribution < -0.4 is 10.2 Å². The van der Waals surface area contributed by atoms with Crippen LogP contribution in [0.3, 0.4) is 0 Å². The third-order valence-corrected chi connectivity index (χ3v) is 5.53. The Morgan fingerprint density at radius 1 is 1.11 bits per heavy atom. The molecule has 2 amide bonds. The zero-order valence-electron chi connectivity index (χ0n) is 15.6. The van der Waals surface area contributed by atoms with Gasteiger partial charge in [0.05, 0.1) is 6.54 Å². The van der Waals surface area contributed by atoms with Crippen molar-refractivity contribution in [3.63, 3.8) is 0 Å². The topological polar surface area (TPSA) is 52.7 Å². The maximum atomic E-state index is 12.6. The molecule has 2 aliphatic rings. The Bertz CT molecular complexity index is 850. The second-order valence-corrected chi connectivity index (χ2v) is 7.35. The lowest BCUT2D eigenvalue weighted by atomic mass is 10.0. The van der Waals surface area contributed by atoms with Crippen molar-refractivity contribution in [1.82, 2.24) is 4.90 Å². The predicted octanol–water partition coefficient (Wildman–Crippen LogP) is 3.37. The number of anilines is 2. The number of amides is 2. The molecule has 2 heterocycles. The van der Waals surface area contributed by atoms with E-state index in [9.17, 15) is 9.59 Å². The monoisotopic (exact) mass is 363 g/mol. The van der Waals surface area contributed by atoms with E-state index in [0.29, 0.717) is 19.1 Å². The SMILES string of the molecule is CC(=O)N1CCc2cc(NC(=O)CN3CCCC3c3ccccc3)ccc21. The van der Waals surface area contributed by atoms with E-state index in [1.54, 1.807) is 11.8 Å². The molecule has 2 aromatic carbocycles. The summed E-state index contributed by atoms with van der Waals surface area (Å²) in [6, 6.07) is 16.6. The van der Waals surface area contributed by atoms with Gasteiger partial charge in [-0.25, -0.2) is 0 Å². The normalized spacial score (nSPS) is 19.1. The smallest absolute Gasteiger partial charge is 0.238 e. The molecule has 1 fully saturated rings. The first-order valence-electron chi connectivity index (χ1n) is 9.62. The van der Waals surface area contributed by atoms with Gasteiger partial charge in [0.2, 0.25) is 11.8 Å². The summed E-state index contributed by atoms with van der Waals surface area (Å²) in [7, 11) is 0. The molecule has 1 unspecified atom stereocenters. The Labute approximate surface area is 160 Å². The van der Waals surface area contributed by atoms with Crippen molar-refractivity contribution < 1.29 is 9.59 Å². The number of likely N-dealkylation sites (tertiary alicyclic amines) is 1. The van der Waals surface area contributed by atoms with E-state index in [-0.39, 0.29) is 11.8 Å². The van der Waals surface area contributed by atoms with Crippen LogP contribution in [0.4, 0.5) is 11.4 Å². The van der Waals surface area contributed by atoms with Crippen molar-refractivity contribution in [1.29, 1.82) is 0 Å². The molecule has 2 aliphatic heterocycles. The Kier molecular flexibility index (Phi) is 4.94. The minimum Gasteiger partial charge on any atom is -0.325 e. The highest BCUT2D eigenvalue weighted by atomic mass is 16.2. The summed E-state index contributed by atoms with van der Waals surface area (Å²) in [5.74, 6) is 0.0747. The van der Waals surface area contributed by atoms with E-state index in [1.807, 2.05) is 24.3 Å². The zero-order valence-corrected chi connectivity index (χ0v) is 15.6. The summed E-state index contributed by atoms with van der Waals surface area (Å²) in [5, 5.41) is 3.03. The Morgan fingerprint density at radius 3 is 2.70 bits per heavy atom. The van der Waals surface area contributed by atoms with Crippen LogP contribution in [-0.4, -0.2) is 36.3 Å². The van der Waals surface area contributed by atoms with Crippen molar-refractivity contribution in [3.8, 4) is 0 Å². The number of carbonyl (C=O) groups is 2. The molecule has 0 spiro atoms. The average molecular weight is 363 g/mol. The first-order valence-corrected chi connectivity index (χ1v) is 9.62. The summed E-state index contributed by atoms with van der Waals surface area (Å²) >= 11 is 0. The minimum absolute atomic E-state index is 0.0132. The van der Waals surface area contributed by atoms with Gasteiger partial charge in [0.15, 0.2) is 0 Å². The van der Waals surface area contributed by atoms with E-state index >= 15 is 0 Å². The van der Waals surface area contributed by atoms with E-state index in [1.165, 1.54) is 5.56 Å². The number of hydrogen-bond acceptors (Lipinski definition) is 3. The molecule has 1 atom stereocenters. The Balaban J connectivity index is 1.41. The van der Waals surface area contributed by atoms with Gasteiger partial charge in [-0.3, -0.25) is 14.5 Å². The molecule has 5 heteroatoms. The first kappa shape index (κ1) is 17.7. The summed E-state index contributed by atoms with van der Waals surface area (Å²) in [5.41, 5.74) is 4.17. The third kappa shape index (κ3) is 3.74. The molecular formula is C22H25N3O2. The largest absolute Gasteiger partial charge is 0.325 e. The number of carbonyl (C=O) groups excluding carboxylic acids is 2. The molecule has 2 aromatic rings. The van der Waals surface area contributed by atoms with Crippen LogP contribution in [0.1, 0.15) is 36.9 Å². The van der Waals surface area contributed by atoms with Crippen LogP contribution in [-0.2, 0) is 16.0 Å². The van der Waals surface area contributed by atoms with Crippen molar-refractivity contribution in [2.45, 2.75) is 32.2 Å². The maximum Gasteiger partial charge on any atom is 0.238 e. The standard InChI is InChI=1S/C22H25N3O2/c1-16(26)25-13-11-18-14-19(9-10-21(18)25)23-22(27)15-24-12-5-8-20(24)17-6-3-2-4-7-17/h2-4,6-7,9-10,14,20H,5,8,11-13,15H2,1H3,(H,23,27). The fourth-order valence-corrected chi connectivity index (χ4v) is 4.26. The second-order valence-electron chi connectivity index (χ2n) is 7.35. The van der Waals surface area contributed by atoms with Crippen LogP contribution in [0.5, 0.6) is 0 Å². The quantitative estimate of drug-likeness (QED) is 0.906. The van der Waals surface area contributed by atoms with Gasteiger partial charge in [0.1, 0.15) is 0 Å². The van der Waals surface area contributed by atoms with E-state index in [0.717, 1.165) is 42.7 Å². The van der Waals surface area contributed by atoms with Gasteiger partial charge in [-0.15, -0.1) is 0 Å². The molecule has 0 radical (unpaired) electrons. The van der Waals surface area contributed by atoms with Gasteiger partial charge in [-0.2, -0.15) is 0 Å². The molecule has 1 saturated heterocycles. The minimum atomic E-state index is 0.0132. The number of fused-ring (bicyclic) bond motifs is 1. The van der Waals surface area contributed by atoms with Gasteiger partial charge in [0, 0.05) is 30.9 Å². The molecule has 0 aromatic heterocycles. The van der Waals surface area contributed by atoms with E-state index in [4.69, 9.17) is 0 Å². The maximum absolute atomic E-state index is 12.6. The van der Waals surface area contributed by atoms with Crippen LogP contribution in [0.25, 0.3) is 0 Å². The van der Waals surface area contributed by atoms with Crippen molar-refractivity contribution in [2.75, 3.05) is 29.9 Å². The number of benzene rings is 2. The highest BCUT2D eigenvalue weighted by Crippen LogP contribution is 2.32. The van der Waals surface area contributed by atoms with Gasteiger partial charge in [-0.1, -0.05) is 30.3 Å². The highest BCUT2D eigenvalue weighted by molar-refractivity contribution is 5.96. The fraction of sp³-hybridized carbons (Fsp3) is 0.364. The van der Waals surface area contributed by atoms with Gasteiger partial charge >= 0.3 is 0 Å². The van der Waals surface area contributed by atoms with Gasteiger partial charge in [-0.05, 0) is 55.1 Å². The van der Waals surface area contributed by atoms with Crippen molar-refractivity contribution in [3.05, 3.63) is 59.7 Å². The lowest BCUT2D eigenvalue weighted by molar-refractivity contribution is -0.118. The lowest BCUT2D eigenvalue weighted by Crippen LogP contribution is -2.32. The van der Waals surface area contributed by atoms with Crippen molar-refractivity contribution in [2.24, 2.45) is 0 Å². The summed E-state index contributed by atoms with van der Waals surface area (Å²) in [4.78, 5) is 28.3. The lowest BCUT2D eigenvalue weighted by Gasteiger charge is -2.24. The first-order chi connectivity index (χ1) is 13.1. The summed E-state index contributed by atoms with van der Waals surface area (Å²) < 4.78 is 0. The zero-order chi connectivity index (χ0) is 18.8. The van der Waals surface area contributed by atoms with Crippen molar-refractivity contribution >= 4 is 23.2 Å². The Morgan fingerprint density at radius 2 is 1.93 bits per heavy atom. The molecule has 27 heavy (non-hydrogen) atoms. The molecule has 0 bridgehead atoms. The summed E-state index contributed by atoms with van der Waals surface area (Å²) in [6.45, 7) is 3.65. The predicted molar refractivity (Wildman–Crippen MR) is 107 cm³/mol. The molecule has 0 aliphatic carbocycles. The molecule has 4 rings (SSSR count). The van der Waals surface area contributed by atoms with Gasteiger partial charge in [0.25, 0.3) is 0 Å². The fourth-order valence-electron chi connectivity index (χ4n) is 4.26. The molecule has 140 valence electrons. The van der Waals surface area contributed by atoms with E-state index < -0.39 is 0 Å². The number of hydrogen-bond donors (Lipinski definition) is 1. The molecule has 1 N–H and O–H groups in total.